The van der Waals surface area contributed by atoms with Crippen LogP contribution in [0.2, 0.25) is 0 Å². The van der Waals surface area contributed by atoms with Crippen LogP contribution in [0.3, 0.4) is 0 Å². The van der Waals surface area contributed by atoms with Gasteiger partial charge < -0.3 is 0 Å². The van der Waals surface area contributed by atoms with E-state index in [1.54, 1.807) is 0 Å². The summed E-state index contributed by atoms with van der Waals surface area (Å²) in [6.45, 7) is 0. The molecule has 7 heteroatoms. The van der Waals surface area contributed by atoms with Gasteiger partial charge in [0.15, 0.2) is 0 Å². The third kappa shape index (κ3) is 70.0. The van der Waals surface area contributed by atoms with E-state index in [-0.39, 0.29) is 59.1 Å². The molecule has 0 amide bonds. The molecule has 0 spiro atoms. The van der Waals surface area contributed by atoms with E-state index in [1.807, 2.05) is 0 Å². The van der Waals surface area contributed by atoms with Crippen LogP contribution >= 0.6 is 0 Å². The number of hydrogen-bond donors (Lipinski definition) is 2. The molecular formula is H2CrNa2O4. The van der Waals surface area contributed by atoms with Gasteiger partial charge >= 0.3 is 29.5 Å². The Morgan fingerprint density at radius 1 is 1.00 bits per heavy atom. The quantitative estimate of drug-likeness (QED) is 0.401. The average molecular weight is 164 g/mol. The van der Waals surface area contributed by atoms with E-state index in [0.717, 1.165) is 0 Å². The van der Waals surface area contributed by atoms with E-state index in [4.69, 9.17) is 15.9 Å². The van der Waals surface area contributed by atoms with Gasteiger partial charge in [0.05, 0.1) is 0 Å². The molecule has 0 atom stereocenters. The van der Waals surface area contributed by atoms with E-state index in [9.17, 15) is 0 Å². The van der Waals surface area contributed by atoms with Crippen LogP contribution < -0.4 is 0 Å². The Hall–Kier alpha value is 2.05. The first kappa shape index (κ1) is 16.0. The molecule has 7 heavy (non-hydrogen) atoms. The Labute approximate surface area is 87.3 Å². The number of rotatable bonds is 0. The van der Waals surface area contributed by atoms with Crippen molar-refractivity contribution in [1.82, 2.24) is 0 Å². The predicted molar refractivity (Wildman–Crippen MR) is 17.3 cm³/mol. The molecule has 0 aliphatic carbocycles. The molecule has 0 aromatic heterocycles. The Balaban J connectivity index is -0.0000000800. The summed E-state index contributed by atoms with van der Waals surface area (Å²) in [5.74, 6) is 0. The zero-order valence-corrected chi connectivity index (χ0v) is 9.39. The maximum atomic E-state index is 8.82. The number of hydrogen-bond acceptors (Lipinski definition) is 2. The van der Waals surface area contributed by atoms with Crippen molar-refractivity contribution < 1.29 is 29.5 Å². The summed E-state index contributed by atoms with van der Waals surface area (Å²) in [6, 6.07) is 0. The van der Waals surface area contributed by atoms with Crippen LogP contribution in [-0.4, -0.2) is 67.4 Å². The van der Waals surface area contributed by atoms with Crippen molar-refractivity contribution in [2.45, 2.75) is 0 Å². The first-order chi connectivity index (χ1) is 2.00. The second kappa shape index (κ2) is 6.18. The average Bonchev–Trinajstić information content (AvgIpc) is 0.722. The van der Waals surface area contributed by atoms with Crippen molar-refractivity contribution >= 4 is 59.1 Å². The van der Waals surface area contributed by atoms with Crippen LogP contribution in [0, 0.1) is 0 Å². The molecule has 0 aliphatic heterocycles. The van der Waals surface area contributed by atoms with Crippen molar-refractivity contribution in [1.29, 1.82) is 0 Å². The molecule has 0 rings (SSSR count). The van der Waals surface area contributed by atoms with E-state index in [2.05, 4.69) is 0 Å². The summed E-state index contributed by atoms with van der Waals surface area (Å²) < 4.78 is 31.9. The van der Waals surface area contributed by atoms with Gasteiger partial charge in [-0.15, -0.1) is 0 Å². The van der Waals surface area contributed by atoms with Crippen LogP contribution in [0.15, 0.2) is 0 Å². The molecular weight excluding hydrogens is 162 g/mol. The molecule has 2 radical (unpaired) electrons. The Bertz CT molecular complexity index is 92.9. The van der Waals surface area contributed by atoms with Gasteiger partial charge in [0.25, 0.3) is 0 Å². The van der Waals surface area contributed by atoms with Gasteiger partial charge in [0, 0.05) is 59.1 Å². The molecule has 0 aromatic carbocycles. The zero-order chi connectivity index (χ0) is 4.50. The summed E-state index contributed by atoms with van der Waals surface area (Å²) >= 11 is -5.25. The fourth-order valence-corrected chi connectivity index (χ4v) is 0. The second-order valence-electron chi connectivity index (χ2n) is 0.448. The molecule has 0 aromatic rings. The third-order valence-electron chi connectivity index (χ3n) is 0. The van der Waals surface area contributed by atoms with Crippen LogP contribution in [-0.2, 0) is 21.2 Å². The monoisotopic (exact) mass is 164 g/mol. The fraction of sp³-hybridized carbons (Fsp3) is 0. The van der Waals surface area contributed by atoms with Gasteiger partial charge in [-0.3, -0.25) is 0 Å². The van der Waals surface area contributed by atoms with Gasteiger partial charge in [-0.1, -0.05) is 0 Å². The minimum atomic E-state index is -5.25. The minimum absolute atomic E-state index is 0. The van der Waals surface area contributed by atoms with E-state index >= 15 is 0 Å². The third-order valence-corrected chi connectivity index (χ3v) is 0. The first-order valence-corrected chi connectivity index (χ1v) is 2.88. The Kier molecular flexibility index (Phi) is 14.1. The standard InChI is InChI=1S/Cr.2Na.2H2O.2O/h;;;2*1H2;;/q+2;;;;;;/p-2. The second-order valence-corrected chi connectivity index (χ2v) is 1.85. The molecule has 2 N–H and O–H groups in total. The first-order valence-electron chi connectivity index (χ1n) is 0.698. The van der Waals surface area contributed by atoms with Crippen LogP contribution in [0.25, 0.3) is 0 Å². The molecule has 0 bridgehead atoms. The fourth-order valence-electron chi connectivity index (χ4n) is 0. The summed E-state index contributed by atoms with van der Waals surface area (Å²) in [5.41, 5.74) is 0. The summed E-state index contributed by atoms with van der Waals surface area (Å²) in [5, 5.41) is 0. The topological polar surface area (TPSA) is 74.6 Å². The molecule has 0 unspecified atom stereocenters. The summed E-state index contributed by atoms with van der Waals surface area (Å²) in [4.78, 5) is 0. The van der Waals surface area contributed by atoms with E-state index < -0.39 is 13.6 Å². The summed E-state index contributed by atoms with van der Waals surface area (Å²) in [6.07, 6.45) is 0. The van der Waals surface area contributed by atoms with Crippen molar-refractivity contribution in [3.05, 3.63) is 0 Å². The van der Waals surface area contributed by atoms with Gasteiger partial charge in [-0.2, -0.15) is 0 Å². The molecule has 0 aliphatic rings. The van der Waals surface area contributed by atoms with E-state index in [0.29, 0.717) is 0 Å². The molecule has 0 saturated heterocycles. The molecule has 0 heterocycles. The normalized spacial score (nSPS) is 8.29. The van der Waals surface area contributed by atoms with Crippen molar-refractivity contribution in [3.8, 4) is 0 Å². The molecule has 34 valence electrons. The van der Waals surface area contributed by atoms with Crippen LogP contribution in [0.1, 0.15) is 0 Å². The Morgan fingerprint density at radius 3 is 1.00 bits per heavy atom. The predicted octanol–water partition coefficient (Wildman–Crippen LogP) is -2.12. The van der Waals surface area contributed by atoms with Gasteiger partial charge in [-0.05, 0) is 0 Å². The van der Waals surface area contributed by atoms with Crippen molar-refractivity contribution in [3.63, 3.8) is 0 Å². The maximum absolute atomic E-state index is 8.82. The van der Waals surface area contributed by atoms with Gasteiger partial charge in [0.1, 0.15) is 0 Å². The van der Waals surface area contributed by atoms with Gasteiger partial charge in [-0.25, -0.2) is 0 Å². The van der Waals surface area contributed by atoms with Crippen LogP contribution in [0.4, 0.5) is 0 Å². The zero-order valence-electron chi connectivity index (χ0n) is 4.12. The van der Waals surface area contributed by atoms with Crippen molar-refractivity contribution in [2.75, 3.05) is 0 Å². The molecule has 0 fully saturated rings. The van der Waals surface area contributed by atoms with Gasteiger partial charge in [0.2, 0.25) is 0 Å². The SMILES string of the molecule is [Na].[Na].[O]=[Cr](=[O])([OH])[OH]. The summed E-state index contributed by atoms with van der Waals surface area (Å²) in [7, 11) is 0. The molecule has 4 nitrogen and oxygen atoms in total. The van der Waals surface area contributed by atoms with Crippen LogP contribution in [0.5, 0.6) is 0 Å². The van der Waals surface area contributed by atoms with Crippen molar-refractivity contribution in [2.24, 2.45) is 0 Å². The Morgan fingerprint density at radius 2 is 1.00 bits per heavy atom. The van der Waals surface area contributed by atoms with E-state index in [1.165, 1.54) is 0 Å². The molecule has 0 saturated carbocycles.